The molecule has 2 nitrogen and oxygen atoms in total. The molecule has 0 heterocycles. The second-order valence-corrected chi connectivity index (χ2v) is 6.12. The first kappa shape index (κ1) is 16.3. The summed E-state index contributed by atoms with van der Waals surface area (Å²) < 4.78 is 6.42. The van der Waals surface area contributed by atoms with Gasteiger partial charge >= 0.3 is 0 Å². The monoisotopic (exact) mass is 367 g/mol. The summed E-state index contributed by atoms with van der Waals surface area (Å²) >= 11 is 9.72. The van der Waals surface area contributed by atoms with Crippen LogP contribution in [0.1, 0.15) is 24.1 Å². The van der Waals surface area contributed by atoms with Gasteiger partial charge in [-0.1, -0.05) is 46.6 Å². The minimum Gasteiger partial charge on any atom is -0.497 e. The average molecular weight is 369 g/mol. The smallest absolute Gasteiger partial charge is 0.119 e. The SMILES string of the molecule is CCNC(Cc1cccc(Cl)c1)c1cc(OC)ccc1Br. The minimum absolute atomic E-state index is 0.206. The zero-order chi connectivity index (χ0) is 15.2. The van der Waals surface area contributed by atoms with Gasteiger partial charge in [0.2, 0.25) is 0 Å². The topological polar surface area (TPSA) is 21.3 Å². The number of benzene rings is 2. The van der Waals surface area contributed by atoms with Crippen molar-refractivity contribution in [2.75, 3.05) is 13.7 Å². The van der Waals surface area contributed by atoms with Crippen LogP contribution >= 0.6 is 27.5 Å². The van der Waals surface area contributed by atoms with Crippen LogP contribution in [0.25, 0.3) is 0 Å². The van der Waals surface area contributed by atoms with E-state index in [1.165, 1.54) is 11.1 Å². The molecule has 0 saturated heterocycles. The lowest BCUT2D eigenvalue weighted by Crippen LogP contribution is -2.23. The molecular weight excluding hydrogens is 350 g/mol. The predicted molar refractivity (Wildman–Crippen MR) is 92.3 cm³/mol. The predicted octanol–water partition coefficient (Wildman–Crippen LogP) is 5.00. The van der Waals surface area contributed by atoms with Gasteiger partial charge in [-0.3, -0.25) is 0 Å². The summed E-state index contributed by atoms with van der Waals surface area (Å²) in [5, 5.41) is 4.30. The largest absolute Gasteiger partial charge is 0.497 e. The van der Waals surface area contributed by atoms with Gasteiger partial charge in [0.05, 0.1) is 7.11 Å². The van der Waals surface area contributed by atoms with E-state index in [0.717, 1.165) is 28.2 Å². The van der Waals surface area contributed by atoms with Crippen LogP contribution in [-0.2, 0) is 6.42 Å². The Morgan fingerprint density at radius 3 is 2.71 bits per heavy atom. The van der Waals surface area contributed by atoms with Gasteiger partial charge in [0.1, 0.15) is 5.75 Å². The van der Waals surface area contributed by atoms with Crippen molar-refractivity contribution < 1.29 is 4.74 Å². The zero-order valence-corrected chi connectivity index (χ0v) is 14.5. The highest BCUT2D eigenvalue weighted by Gasteiger charge is 2.15. The number of ether oxygens (including phenoxy) is 1. The van der Waals surface area contributed by atoms with Crippen LogP contribution in [0.3, 0.4) is 0 Å². The van der Waals surface area contributed by atoms with Crippen LogP contribution in [0.15, 0.2) is 46.9 Å². The Kier molecular flexibility index (Phi) is 6.09. The number of rotatable bonds is 6. The van der Waals surface area contributed by atoms with Crippen molar-refractivity contribution in [1.29, 1.82) is 0 Å². The van der Waals surface area contributed by atoms with E-state index >= 15 is 0 Å². The molecular formula is C17H19BrClNO. The maximum absolute atomic E-state index is 6.08. The van der Waals surface area contributed by atoms with Gasteiger partial charge in [-0.05, 0) is 54.4 Å². The molecule has 21 heavy (non-hydrogen) atoms. The van der Waals surface area contributed by atoms with Gasteiger partial charge in [0.25, 0.3) is 0 Å². The molecule has 0 aliphatic rings. The standard InChI is InChI=1S/C17H19BrClNO/c1-3-20-17(10-12-5-4-6-13(19)9-12)15-11-14(21-2)7-8-16(15)18/h4-9,11,17,20H,3,10H2,1-2H3. The first-order valence-electron chi connectivity index (χ1n) is 6.95. The molecule has 0 spiro atoms. The Morgan fingerprint density at radius 2 is 2.05 bits per heavy atom. The van der Waals surface area contributed by atoms with Crippen LogP contribution in [-0.4, -0.2) is 13.7 Å². The molecule has 1 N–H and O–H groups in total. The van der Waals surface area contributed by atoms with Gasteiger partial charge in [-0.25, -0.2) is 0 Å². The Morgan fingerprint density at radius 1 is 1.24 bits per heavy atom. The summed E-state index contributed by atoms with van der Waals surface area (Å²) in [5.41, 5.74) is 2.40. The molecule has 0 fully saturated rings. The summed E-state index contributed by atoms with van der Waals surface area (Å²) in [6, 6.07) is 14.3. The number of hydrogen-bond acceptors (Lipinski definition) is 2. The van der Waals surface area contributed by atoms with Crippen molar-refractivity contribution in [3.63, 3.8) is 0 Å². The molecule has 4 heteroatoms. The van der Waals surface area contributed by atoms with Gasteiger partial charge < -0.3 is 10.1 Å². The van der Waals surface area contributed by atoms with Crippen molar-refractivity contribution in [2.24, 2.45) is 0 Å². The van der Waals surface area contributed by atoms with E-state index in [2.05, 4.69) is 40.3 Å². The molecule has 0 aromatic heterocycles. The first-order valence-corrected chi connectivity index (χ1v) is 8.12. The molecule has 0 aliphatic carbocycles. The summed E-state index contributed by atoms with van der Waals surface area (Å²) in [6.45, 7) is 3.01. The van der Waals surface area contributed by atoms with Gasteiger partial charge in [0, 0.05) is 15.5 Å². The zero-order valence-electron chi connectivity index (χ0n) is 12.2. The lowest BCUT2D eigenvalue weighted by molar-refractivity contribution is 0.412. The molecule has 0 radical (unpaired) electrons. The van der Waals surface area contributed by atoms with E-state index in [4.69, 9.17) is 16.3 Å². The highest BCUT2D eigenvalue weighted by atomic mass is 79.9. The fourth-order valence-corrected chi connectivity index (χ4v) is 3.09. The molecule has 2 aromatic rings. The normalized spacial score (nSPS) is 12.2. The maximum Gasteiger partial charge on any atom is 0.119 e. The third-order valence-electron chi connectivity index (χ3n) is 3.36. The Bertz CT molecular complexity index is 603. The highest BCUT2D eigenvalue weighted by Crippen LogP contribution is 2.30. The molecule has 112 valence electrons. The van der Waals surface area contributed by atoms with Crippen molar-refractivity contribution in [3.05, 3.63) is 63.1 Å². The number of methoxy groups -OCH3 is 1. The Balaban J connectivity index is 2.30. The first-order chi connectivity index (χ1) is 10.1. The van der Waals surface area contributed by atoms with Gasteiger partial charge in [-0.2, -0.15) is 0 Å². The van der Waals surface area contributed by atoms with Crippen molar-refractivity contribution in [3.8, 4) is 5.75 Å². The molecule has 1 atom stereocenters. The molecule has 2 rings (SSSR count). The van der Waals surface area contributed by atoms with Crippen LogP contribution in [0.2, 0.25) is 5.02 Å². The van der Waals surface area contributed by atoms with Crippen LogP contribution in [0.4, 0.5) is 0 Å². The fraction of sp³-hybridized carbons (Fsp3) is 0.294. The maximum atomic E-state index is 6.08. The minimum atomic E-state index is 0.206. The van der Waals surface area contributed by atoms with E-state index in [0.29, 0.717) is 0 Å². The summed E-state index contributed by atoms with van der Waals surface area (Å²) in [6.07, 6.45) is 0.875. The lowest BCUT2D eigenvalue weighted by Gasteiger charge is -2.21. The Labute approximate surface area is 139 Å². The molecule has 0 bridgehead atoms. The van der Waals surface area contributed by atoms with E-state index < -0.39 is 0 Å². The highest BCUT2D eigenvalue weighted by molar-refractivity contribution is 9.10. The van der Waals surface area contributed by atoms with Gasteiger partial charge in [0.15, 0.2) is 0 Å². The quantitative estimate of drug-likeness (QED) is 0.774. The average Bonchev–Trinajstić information content (AvgIpc) is 2.47. The summed E-state index contributed by atoms with van der Waals surface area (Å²) in [4.78, 5) is 0. The second-order valence-electron chi connectivity index (χ2n) is 4.83. The van der Waals surface area contributed by atoms with Gasteiger partial charge in [-0.15, -0.1) is 0 Å². The molecule has 0 aliphatic heterocycles. The Hall–Kier alpha value is -1.03. The summed E-state index contributed by atoms with van der Waals surface area (Å²) in [7, 11) is 1.69. The van der Waals surface area contributed by atoms with Crippen molar-refractivity contribution in [1.82, 2.24) is 5.32 Å². The van der Waals surface area contributed by atoms with E-state index in [1.807, 2.05) is 30.3 Å². The third kappa shape index (κ3) is 4.47. The number of hydrogen-bond donors (Lipinski definition) is 1. The number of halogens is 2. The third-order valence-corrected chi connectivity index (χ3v) is 4.32. The van der Waals surface area contributed by atoms with Crippen molar-refractivity contribution >= 4 is 27.5 Å². The van der Waals surface area contributed by atoms with E-state index in [1.54, 1.807) is 7.11 Å². The lowest BCUT2D eigenvalue weighted by atomic mass is 9.98. The molecule has 2 aromatic carbocycles. The summed E-state index contributed by atoms with van der Waals surface area (Å²) in [5.74, 6) is 0.863. The van der Waals surface area contributed by atoms with Crippen LogP contribution in [0, 0.1) is 0 Å². The van der Waals surface area contributed by atoms with Crippen molar-refractivity contribution in [2.45, 2.75) is 19.4 Å². The fourth-order valence-electron chi connectivity index (χ4n) is 2.35. The van der Waals surface area contributed by atoms with Crippen LogP contribution < -0.4 is 10.1 Å². The van der Waals surface area contributed by atoms with Crippen LogP contribution in [0.5, 0.6) is 5.75 Å². The number of nitrogens with one attached hydrogen (secondary N) is 1. The number of likely N-dealkylation sites (N-methyl/N-ethyl adjacent to an activating group) is 1. The molecule has 0 saturated carbocycles. The molecule has 1 unspecified atom stereocenters. The second kappa shape index (κ2) is 7.83. The van der Waals surface area contributed by atoms with E-state index in [9.17, 15) is 0 Å². The van der Waals surface area contributed by atoms with E-state index in [-0.39, 0.29) is 6.04 Å². The molecule has 0 amide bonds.